The fourth-order valence-electron chi connectivity index (χ4n) is 2.92. The molecule has 134 valence electrons. The third-order valence-electron chi connectivity index (χ3n) is 4.49. The predicted octanol–water partition coefficient (Wildman–Crippen LogP) is 2.04. The fourth-order valence-corrected chi connectivity index (χ4v) is 2.92. The molecule has 1 aliphatic heterocycles. The highest BCUT2D eigenvalue weighted by atomic mass is 19.4. The molecule has 0 radical (unpaired) electrons. The Kier molecular flexibility index (Phi) is 4.91. The van der Waals surface area contributed by atoms with Gasteiger partial charge in [-0.05, 0) is 19.3 Å². The molecule has 1 aromatic heterocycles. The number of rotatable bonds is 4. The first-order valence-electron chi connectivity index (χ1n) is 7.77. The van der Waals surface area contributed by atoms with E-state index >= 15 is 0 Å². The molecule has 0 saturated carbocycles. The van der Waals surface area contributed by atoms with Crippen LogP contribution in [0.4, 0.5) is 24.9 Å². The minimum atomic E-state index is -4.57. The number of anilines is 2. The van der Waals surface area contributed by atoms with Crippen LogP contribution in [0.5, 0.6) is 0 Å². The lowest BCUT2D eigenvalue weighted by atomic mass is 9.77. The summed E-state index contributed by atoms with van der Waals surface area (Å²) in [5, 5.41) is 0. The highest BCUT2D eigenvalue weighted by molar-refractivity contribution is 5.81. The lowest BCUT2D eigenvalue weighted by molar-refractivity contribution is -0.141. The number of halogens is 3. The van der Waals surface area contributed by atoms with E-state index in [4.69, 9.17) is 5.73 Å². The summed E-state index contributed by atoms with van der Waals surface area (Å²) in [7, 11) is 3.16. The molecule has 0 spiro atoms. The monoisotopic (exact) mass is 345 g/mol. The smallest absolute Gasteiger partial charge is 0.369 e. The summed E-state index contributed by atoms with van der Waals surface area (Å²) >= 11 is 0. The summed E-state index contributed by atoms with van der Waals surface area (Å²) in [5.41, 5.74) is 3.81. The first-order valence-corrected chi connectivity index (χ1v) is 7.77. The fraction of sp³-hybridized carbons (Fsp3) is 0.667. The Morgan fingerprint density at radius 3 is 2.58 bits per heavy atom. The number of primary amides is 1. The molecule has 6 nitrogen and oxygen atoms in total. The SMILES string of the molecule is CCC1(C(N)=O)CCCN(c2cc(C(F)(F)F)nc(N(C)C)n2)C1. The van der Waals surface area contributed by atoms with E-state index in [1.165, 1.54) is 4.90 Å². The third-order valence-corrected chi connectivity index (χ3v) is 4.49. The number of amides is 1. The van der Waals surface area contributed by atoms with Crippen molar-refractivity contribution in [1.82, 2.24) is 9.97 Å². The molecule has 9 heteroatoms. The molecule has 1 aromatic rings. The molecule has 1 fully saturated rings. The van der Waals surface area contributed by atoms with Crippen molar-refractivity contribution in [2.75, 3.05) is 37.0 Å². The van der Waals surface area contributed by atoms with Crippen LogP contribution in [0.15, 0.2) is 6.07 Å². The van der Waals surface area contributed by atoms with Crippen molar-refractivity contribution in [3.63, 3.8) is 0 Å². The summed E-state index contributed by atoms with van der Waals surface area (Å²) in [4.78, 5) is 22.8. The molecule has 0 bridgehead atoms. The number of carbonyl (C=O) groups is 1. The normalized spacial score (nSPS) is 21.7. The van der Waals surface area contributed by atoms with Crippen molar-refractivity contribution in [1.29, 1.82) is 0 Å². The second kappa shape index (κ2) is 6.45. The number of piperidine rings is 1. The maximum Gasteiger partial charge on any atom is 0.433 e. The van der Waals surface area contributed by atoms with Gasteiger partial charge in [-0.3, -0.25) is 4.79 Å². The first kappa shape index (κ1) is 18.3. The molecular formula is C15H22F3N5O. The van der Waals surface area contributed by atoms with Gasteiger partial charge in [0.1, 0.15) is 5.82 Å². The maximum absolute atomic E-state index is 13.1. The van der Waals surface area contributed by atoms with Gasteiger partial charge in [0.2, 0.25) is 11.9 Å². The van der Waals surface area contributed by atoms with Gasteiger partial charge in [0.15, 0.2) is 5.69 Å². The molecule has 24 heavy (non-hydrogen) atoms. The predicted molar refractivity (Wildman–Crippen MR) is 84.7 cm³/mol. The van der Waals surface area contributed by atoms with E-state index in [-0.39, 0.29) is 18.3 Å². The number of aromatic nitrogens is 2. The van der Waals surface area contributed by atoms with E-state index < -0.39 is 23.2 Å². The third kappa shape index (κ3) is 3.54. The van der Waals surface area contributed by atoms with Crippen LogP contribution in [0.1, 0.15) is 31.9 Å². The molecule has 2 heterocycles. The van der Waals surface area contributed by atoms with Crippen molar-refractivity contribution in [3.05, 3.63) is 11.8 Å². The van der Waals surface area contributed by atoms with Gasteiger partial charge in [-0.15, -0.1) is 0 Å². The number of alkyl halides is 3. The summed E-state index contributed by atoms with van der Waals surface area (Å²) < 4.78 is 39.4. The van der Waals surface area contributed by atoms with Crippen molar-refractivity contribution in [3.8, 4) is 0 Å². The maximum atomic E-state index is 13.1. The zero-order valence-corrected chi connectivity index (χ0v) is 14.0. The van der Waals surface area contributed by atoms with Crippen LogP contribution in [0, 0.1) is 5.41 Å². The van der Waals surface area contributed by atoms with Crippen LogP contribution in [-0.2, 0) is 11.0 Å². The van der Waals surface area contributed by atoms with Gasteiger partial charge in [0, 0.05) is 33.3 Å². The summed E-state index contributed by atoms with van der Waals surface area (Å²) in [6.07, 6.45) is -2.73. The Balaban J connectivity index is 2.43. The van der Waals surface area contributed by atoms with Crippen LogP contribution in [-0.4, -0.2) is 43.1 Å². The van der Waals surface area contributed by atoms with E-state index in [0.29, 0.717) is 25.8 Å². The number of nitrogens with two attached hydrogens (primary N) is 1. The van der Waals surface area contributed by atoms with Crippen molar-refractivity contribution in [2.45, 2.75) is 32.4 Å². The van der Waals surface area contributed by atoms with Gasteiger partial charge in [0.05, 0.1) is 5.41 Å². The molecule has 0 aliphatic carbocycles. The molecule has 1 saturated heterocycles. The van der Waals surface area contributed by atoms with Gasteiger partial charge < -0.3 is 15.5 Å². The van der Waals surface area contributed by atoms with Crippen LogP contribution in [0.25, 0.3) is 0 Å². The molecule has 2 N–H and O–H groups in total. The average molecular weight is 345 g/mol. The number of hydrogen-bond acceptors (Lipinski definition) is 5. The quantitative estimate of drug-likeness (QED) is 0.904. The first-order chi connectivity index (χ1) is 11.1. The molecule has 1 aliphatic rings. The zero-order chi connectivity index (χ0) is 18.1. The minimum Gasteiger partial charge on any atom is -0.369 e. The van der Waals surface area contributed by atoms with Crippen LogP contribution in [0.3, 0.4) is 0 Å². The van der Waals surface area contributed by atoms with Crippen molar-refractivity contribution in [2.24, 2.45) is 11.1 Å². The van der Waals surface area contributed by atoms with Crippen LogP contribution >= 0.6 is 0 Å². The van der Waals surface area contributed by atoms with Gasteiger partial charge in [-0.1, -0.05) is 6.92 Å². The summed E-state index contributed by atoms with van der Waals surface area (Å²) in [6.45, 7) is 2.65. The van der Waals surface area contributed by atoms with Crippen molar-refractivity contribution < 1.29 is 18.0 Å². The van der Waals surface area contributed by atoms with E-state index in [2.05, 4.69) is 9.97 Å². The molecular weight excluding hydrogens is 323 g/mol. The minimum absolute atomic E-state index is 0.0217. The van der Waals surface area contributed by atoms with Crippen LogP contribution < -0.4 is 15.5 Å². The highest BCUT2D eigenvalue weighted by Crippen LogP contribution is 2.37. The number of nitrogens with zero attached hydrogens (tertiary/aromatic N) is 4. The van der Waals surface area contributed by atoms with E-state index in [9.17, 15) is 18.0 Å². The molecule has 2 rings (SSSR count). The van der Waals surface area contributed by atoms with E-state index in [1.54, 1.807) is 19.0 Å². The van der Waals surface area contributed by atoms with Gasteiger partial charge in [0.25, 0.3) is 0 Å². The lowest BCUT2D eigenvalue weighted by Gasteiger charge is -2.41. The summed E-state index contributed by atoms with van der Waals surface area (Å²) in [6, 6.07) is 0.930. The van der Waals surface area contributed by atoms with E-state index in [1.807, 2.05) is 6.92 Å². The second-order valence-corrected chi connectivity index (χ2v) is 6.33. The molecule has 1 unspecified atom stereocenters. The Morgan fingerprint density at radius 2 is 2.08 bits per heavy atom. The Morgan fingerprint density at radius 1 is 1.42 bits per heavy atom. The van der Waals surface area contributed by atoms with Gasteiger partial charge >= 0.3 is 6.18 Å². The Bertz CT molecular complexity index is 620. The standard InChI is InChI=1S/C15H22F3N5O/c1-4-14(12(19)24)6-5-7-23(9-14)11-8-10(15(16,17)18)20-13(21-11)22(2)3/h8H,4-7,9H2,1-3H3,(H2,19,24). The molecule has 1 amide bonds. The largest absolute Gasteiger partial charge is 0.433 e. The topological polar surface area (TPSA) is 75.4 Å². The number of carbonyl (C=O) groups excluding carboxylic acids is 1. The van der Waals surface area contributed by atoms with Gasteiger partial charge in [-0.25, -0.2) is 4.98 Å². The highest BCUT2D eigenvalue weighted by Gasteiger charge is 2.40. The van der Waals surface area contributed by atoms with Gasteiger partial charge in [-0.2, -0.15) is 18.2 Å². The van der Waals surface area contributed by atoms with Crippen LogP contribution in [0.2, 0.25) is 0 Å². The second-order valence-electron chi connectivity index (χ2n) is 6.33. The zero-order valence-electron chi connectivity index (χ0n) is 14.0. The Hall–Kier alpha value is -2.06. The molecule has 1 atom stereocenters. The summed E-state index contributed by atoms with van der Waals surface area (Å²) in [5.74, 6) is -0.279. The Labute approximate surface area is 138 Å². The molecule has 0 aromatic carbocycles. The van der Waals surface area contributed by atoms with Crippen molar-refractivity contribution >= 4 is 17.7 Å². The lowest BCUT2D eigenvalue weighted by Crippen LogP contribution is -2.50. The van der Waals surface area contributed by atoms with E-state index in [0.717, 1.165) is 6.07 Å². The average Bonchev–Trinajstić information content (AvgIpc) is 2.53. The number of hydrogen-bond donors (Lipinski definition) is 1.